The minimum atomic E-state index is -0.182. The monoisotopic (exact) mass is 337 g/mol. The summed E-state index contributed by atoms with van der Waals surface area (Å²) in [6.45, 7) is 4.62. The number of rotatable bonds is 6. The molecule has 1 aromatic carbocycles. The first-order chi connectivity index (χ1) is 11.2. The molecule has 0 radical (unpaired) electrons. The van der Waals surface area contributed by atoms with Crippen molar-refractivity contribution in [1.29, 1.82) is 0 Å². The molecule has 3 rings (SSSR count). The van der Waals surface area contributed by atoms with E-state index in [9.17, 15) is 9.18 Å². The Morgan fingerprint density at radius 2 is 1.87 bits per heavy atom. The Labute approximate surface area is 141 Å². The van der Waals surface area contributed by atoms with Gasteiger partial charge in [-0.3, -0.25) is 4.90 Å². The van der Waals surface area contributed by atoms with Crippen LogP contribution >= 0.6 is 11.8 Å². The van der Waals surface area contributed by atoms with E-state index >= 15 is 0 Å². The molecule has 1 aliphatic carbocycles. The van der Waals surface area contributed by atoms with Gasteiger partial charge in [-0.1, -0.05) is 0 Å². The van der Waals surface area contributed by atoms with E-state index in [0.29, 0.717) is 6.04 Å². The number of halogens is 1. The van der Waals surface area contributed by atoms with Crippen molar-refractivity contribution in [3.05, 3.63) is 30.1 Å². The van der Waals surface area contributed by atoms with Crippen molar-refractivity contribution in [2.24, 2.45) is 0 Å². The molecule has 0 bridgehead atoms. The summed E-state index contributed by atoms with van der Waals surface area (Å²) in [4.78, 5) is 17.4. The lowest BCUT2D eigenvalue weighted by Gasteiger charge is -2.34. The molecule has 1 saturated carbocycles. The van der Waals surface area contributed by atoms with Gasteiger partial charge in [0.15, 0.2) is 0 Å². The molecule has 6 heteroatoms. The highest BCUT2D eigenvalue weighted by Crippen LogP contribution is 2.20. The van der Waals surface area contributed by atoms with E-state index in [1.165, 1.54) is 12.1 Å². The molecule has 2 fully saturated rings. The van der Waals surface area contributed by atoms with Crippen LogP contribution in [0.1, 0.15) is 19.3 Å². The fraction of sp³-hybridized carbons (Fsp3) is 0.588. The van der Waals surface area contributed by atoms with Crippen LogP contribution in [0.4, 0.5) is 9.18 Å². The number of hydrogen-bond acceptors (Lipinski definition) is 3. The number of amides is 2. The summed E-state index contributed by atoms with van der Waals surface area (Å²) in [6.07, 6.45) is 3.38. The van der Waals surface area contributed by atoms with Gasteiger partial charge in [0, 0.05) is 37.1 Å². The molecule has 0 spiro atoms. The van der Waals surface area contributed by atoms with Crippen LogP contribution in [-0.4, -0.2) is 60.3 Å². The zero-order valence-electron chi connectivity index (χ0n) is 13.3. The van der Waals surface area contributed by atoms with Gasteiger partial charge in [-0.25, -0.2) is 9.18 Å². The number of hydrogen-bond donors (Lipinski definition) is 1. The molecule has 0 aromatic heterocycles. The van der Waals surface area contributed by atoms with Crippen LogP contribution in [0.15, 0.2) is 29.2 Å². The van der Waals surface area contributed by atoms with Gasteiger partial charge in [0.1, 0.15) is 5.82 Å². The smallest absolute Gasteiger partial charge is 0.317 e. The highest BCUT2D eigenvalue weighted by atomic mass is 32.2. The Hall–Kier alpha value is -1.27. The number of nitrogens with one attached hydrogen (secondary N) is 1. The maximum Gasteiger partial charge on any atom is 0.317 e. The van der Waals surface area contributed by atoms with Gasteiger partial charge in [0.05, 0.1) is 0 Å². The second kappa shape index (κ2) is 8.02. The van der Waals surface area contributed by atoms with E-state index in [-0.39, 0.29) is 11.8 Å². The molecule has 1 heterocycles. The van der Waals surface area contributed by atoms with Crippen molar-refractivity contribution in [2.45, 2.75) is 30.2 Å². The van der Waals surface area contributed by atoms with Crippen LogP contribution in [0, 0.1) is 5.82 Å². The number of urea groups is 1. The molecule has 1 N–H and O–H groups in total. The van der Waals surface area contributed by atoms with Crippen molar-refractivity contribution in [3.63, 3.8) is 0 Å². The third-order valence-corrected chi connectivity index (χ3v) is 5.36. The first-order valence-electron chi connectivity index (χ1n) is 8.37. The molecule has 2 amide bonds. The first kappa shape index (κ1) is 16.6. The standard InChI is InChI=1S/C17H24FN3OS/c18-14-2-6-16(7-3-14)23-13-1-8-20-9-11-21(12-10-20)17(22)19-15-4-5-15/h2-3,6-7,15H,1,4-5,8-13H2,(H,19,22). The summed E-state index contributed by atoms with van der Waals surface area (Å²) in [7, 11) is 0. The lowest BCUT2D eigenvalue weighted by atomic mass is 10.3. The maximum absolute atomic E-state index is 12.8. The minimum absolute atomic E-state index is 0.110. The number of piperazine rings is 1. The molecule has 1 saturated heterocycles. The topological polar surface area (TPSA) is 35.6 Å². The lowest BCUT2D eigenvalue weighted by molar-refractivity contribution is 0.139. The number of carbonyl (C=O) groups excluding carboxylic acids is 1. The van der Waals surface area contributed by atoms with Crippen LogP contribution in [0.3, 0.4) is 0 Å². The van der Waals surface area contributed by atoms with Crippen molar-refractivity contribution in [2.75, 3.05) is 38.5 Å². The second-order valence-corrected chi connectivity index (χ2v) is 7.38. The Balaban J connectivity index is 1.28. The Kier molecular flexibility index (Phi) is 5.78. The third-order valence-electron chi connectivity index (χ3n) is 4.27. The summed E-state index contributed by atoms with van der Waals surface area (Å²) in [5.41, 5.74) is 0. The summed E-state index contributed by atoms with van der Waals surface area (Å²) in [6, 6.07) is 7.22. The molecule has 0 unspecified atom stereocenters. The van der Waals surface area contributed by atoms with Gasteiger partial charge in [-0.05, 0) is 55.8 Å². The molecule has 1 aromatic rings. The fourth-order valence-corrected chi connectivity index (χ4v) is 3.51. The lowest BCUT2D eigenvalue weighted by Crippen LogP contribution is -2.52. The molecule has 2 aliphatic rings. The maximum atomic E-state index is 12.8. The number of benzene rings is 1. The quantitative estimate of drug-likeness (QED) is 0.640. The van der Waals surface area contributed by atoms with Crippen molar-refractivity contribution in [3.8, 4) is 0 Å². The van der Waals surface area contributed by atoms with Gasteiger partial charge >= 0.3 is 6.03 Å². The fourth-order valence-electron chi connectivity index (χ4n) is 2.68. The van der Waals surface area contributed by atoms with E-state index in [1.807, 2.05) is 17.0 Å². The largest absolute Gasteiger partial charge is 0.335 e. The Morgan fingerprint density at radius 3 is 2.52 bits per heavy atom. The minimum Gasteiger partial charge on any atom is -0.335 e. The number of thioether (sulfide) groups is 1. The summed E-state index contributed by atoms with van der Waals surface area (Å²) in [5.74, 6) is 0.853. The van der Waals surface area contributed by atoms with E-state index in [2.05, 4.69) is 10.2 Å². The zero-order chi connectivity index (χ0) is 16.1. The Morgan fingerprint density at radius 1 is 1.17 bits per heavy atom. The van der Waals surface area contributed by atoms with Crippen LogP contribution < -0.4 is 5.32 Å². The predicted octanol–water partition coefficient (Wildman–Crippen LogP) is 2.80. The van der Waals surface area contributed by atoms with Crippen LogP contribution in [0.5, 0.6) is 0 Å². The normalized spacial score (nSPS) is 18.9. The van der Waals surface area contributed by atoms with Gasteiger partial charge in [0.2, 0.25) is 0 Å². The third kappa shape index (κ3) is 5.39. The summed E-state index contributed by atoms with van der Waals surface area (Å²) >= 11 is 1.77. The van der Waals surface area contributed by atoms with E-state index in [4.69, 9.17) is 0 Å². The first-order valence-corrected chi connectivity index (χ1v) is 9.35. The molecule has 4 nitrogen and oxygen atoms in total. The average Bonchev–Trinajstić information content (AvgIpc) is 3.38. The molecule has 23 heavy (non-hydrogen) atoms. The van der Waals surface area contributed by atoms with E-state index in [1.54, 1.807) is 11.8 Å². The van der Waals surface area contributed by atoms with Gasteiger partial charge < -0.3 is 10.2 Å². The van der Waals surface area contributed by atoms with Gasteiger partial charge in [-0.15, -0.1) is 11.8 Å². The van der Waals surface area contributed by atoms with Crippen molar-refractivity contribution >= 4 is 17.8 Å². The summed E-state index contributed by atoms with van der Waals surface area (Å²) in [5, 5.41) is 3.05. The van der Waals surface area contributed by atoms with E-state index < -0.39 is 0 Å². The SMILES string of the molecule is O=C(NC1CC1)N1CCN(CCCSc2ccc(F)cc2)CC1. The average molecular weight is 337 g/mol. The molecular formula is C17H24FN3OS. The van der Waals surface area contributed by atoms with E-state index in [0.717, 1.165) is 62.6 Å². The van der Waals surface area contributed by atoms with Crippen molar-refractivity contribution < 1.29 is 9.18 Å². The van der Waals surface area contributed by atoms with Crippen LogP contribution in [0.2, 0.25) is 0 Å². The van der Waals surface area contributed by atoms with Crippen molar-refractivity contribution in [1.82, 2.24) is 15.1 Å². The molecule has 0 atom stereocenters. The molecule has 1 aliphatic heterocycles. The summed E-state index contributed by atoms with van der Waals surface area (Å²) < 4.78 is 12.8. The highest BCUT2D eigenvalue weighted by Gasteiger charge is 2.27. The second-order valence-electron chi connectivity index (χ2n) is 6.21. The molecular weight excluding hydrogens is 313 g/mol. The van der Waals surface area contributed by atoms with Crippen LogP contribution in [-0.2, 0) is 0 Å². The van der Waals surface area contributed by atoms with Crippen LogP contribution in [0.25, 0.3) is 0 Å². The number of nitrogens with zero attached hydrogens (tertiary/aromatic N) is 2. The molecule has 126 valence electrons. The highest BCUT2D eigenvalue weighted by molar-refractivity contribution is 7.99. The van der Waals surface area contributed by atoms with Gasteiger partial charge in [0.25, 0.3) is 0 Å². The van der Waals surface area contributed by atoms with Gasteiger partial charge in [-0.2, -0.15) is 0 Å². The Bertz CT molecular complexity index is 513. The number of carbonyl (C=O) groups is 1. The predicted molar refractivity (Wildman–Crippen MR) is 91.3 cm³/mol. The zero-order valence-corrected chi connectivity index (χ0v) is 14.2.